The van der Waals surface area contributed by atoms with Crippen LogP contribution in [0, 0.1) is 0 Å². The summed E-state index contributed by atoms with van der Waals surface area (Å²) in [6, 6.07) is 10.4. The average Bonchev–Trinajstić information content (AvgIpc) is 3.62. The molecule has 0 spiro atoms. The molecule has 0 aliphatic heterocycles. The highest BCUT2D eigenvalue weighted by Gasteiger charge is 2.26. The molecule has 0 atom stereocenters. The van der Waals surface area contributed by atoms with E-state index in [1.54, 1.807) is 48.7 Å². The minimum Gasteiger partial charge on any atom is -0.494 e. The Labute approximate surface area is 221 Å². The minimum atomic E-state index is -0.658. The van der Waals surface area contributed by atoms with E-state index in [9.17, 15) is 9.90 Å². The predicted molar refractivity (Wildman–Crippen MR) is 137 cm³/mol. The van der Waals surface area contributed by atoms with Crippen LogP contribution in [-0.4, -0.2) is 54.2 Å². The number of nitrogens with zero attached hydrogens (tertiary/aromatic N) is 7. The first-order valence-electron chi connectivity index (χ1n) is 11.8. The number of pyridine rings is 1. The highest BCUT2D eigenvalue weighted by atomic mass is 16.5. The van der Waals surface area contributed by atoms with Crippen LogP contribution >= 0.6 is 0 Å². The quantitative estimate of drug-likeness (QED) is 0.263. The van der Waals surface area contributed by atoms with E-state index >= 15 is 0 Å². The van der Waals surface area contributed by atoms with Crippen LogP contribution in [0.25, 0.3) is 28.7 Å². The van der Waals surface area contributed by atoms with Gasteiger partial charge in [0.2, 0.25) is 23.5 Å². The molecular weight excluding hydrogens is 506 g/mol. The van der Waals surface area contributed by atoms with Gasteiger partial charge in [0.15, 0.2) is 5.56 Å². The third-order valence-electron chi connectivity index (χ3n) is 5.68. The second-order valence-electron chi connectivity index (χ2n) is 8.11. The van der Waals surface area contributed by atoms with Gasteiger partial charge in [0, 0.05) is 12.6 Å². The summed E-state index contributed by atoms with van der Waals surface area (Å²) in [6.45, 7) is 3.73. The van der Waals surface area contributed by atoms with Gasteiger partial charge >= 0.3 is 0 Å². The van der Waals surface area contributed by atoms with Gasteiger partial charge in [-0.2, -0.15) is 9.97 Å². The Bertz CT molecular complexity index is 1650. The van der Waals surface area contributed by atoms with Gasteiger partial charge in [0.05, 0.1) is 14.2 Å². The fourth-order valence-corrected chi connectivity index (χ4v) is 3.90. The van der Waals surface area contributed by atoms with Crippen LogP contribution in [0.5, 0.6) is 17.4 Å². The molecule has 0 amide bonds. The van der Waals surface area contributed by atoms with Crippen molar-refractivity contribution in [2.24, 2.45) is 0 Å². The van der Waals surface area contributed by atoms with Crippen LogP contribution < -0.4 is 15.0 Å². The summed E-state index contributed by atoms with van der Waals surface area (Å²) in [4.78, 5) is 26.7. The van der Waals surface area contributed by atoms with Crippen molar-refractivity contribution < 1.29 is 23.5 Å². The third-order valence-corrected chi connectivity index (χ3v) is 5.68. The second-order valence-corrected chi connectivity index (χ2v) is 8.11. The summed E-state index contributed by atoms with van der Waals surface area (Å²) in [7, 11) is 2.95. The molecule has 4 aromatic heterocycles. The molecule has 198 valence electrons. The van der Waals surface area contributed by atoms with E-state index in [1.165, 1.54) is 18.8 Å². The Morgan fingerprint density at radius 1 is 1.05 bits per heavy atom. The Hall–Kier alpha value is -5.33. The fraction of sp³-hybridized carbons (Fsp3) is 0.192. The van der Waals surface area contributed by atoms with Crippen LogP contribution in [-0.2, 0) is 12.8 Å². The van der Waals surface area contributed by atoms with Crippen LogP contribution in [0.2, 0.25) is 0 Å². The van der Waals surface area contributed by atoms with Crippen molar-refractivity contribution in [2.75, 3.05) is 14.2 Å². The second kappa shape index (κ2) is 11.0. The van der Waals surface area contributed by atoms with E-state index in [1.807, 2.05) is 0 Å². The van der Waals surface area contributed by atoms with Gasteiger partial charge in [0.1, 0.15) is 35.1 Å². The number of hydrogen-bond acceptors (Lipinski definition) is 12. The number of aromatic nitrogens is 7. The monoisotopic (exact) mass is 529 g/mol. The van der Waals surface area contributed by atoms with Crippen molar-refractivity contribution in [2.45, 2.75) is 19.3 Å². The Balaban J connectivity index is 1.56. The summed E-state index contributed by atoms with van der Waals surface area (Å²) in [6.07, 6.45) is 4.10. The number of ether oxygens (including phenoxy) is 2. The number of aryl methyl sites for hydroxylation is 1. The lowest BCUT2D eigenvalue weighted by molar-refractivity contribution is 0.373. The smallest absolute Gasteiger partial charge is 0.275 e. The number of rotatable bonds is 10. The Morgan fingerprint density at radius 2 is 1.85 bits per heavy atom. The predicted octanol–water partition coefficient (Wildman–Crippen LogP) is 3.16. The maximum atomic E-state index is 13.9. The van der Waals surface area contributed by atoms with E-state index < -0.39 is 11.4 Å². The zero-order chi connectivity index (χ0) is 27.4. The standard InChI is InChI=1S/C26H23N7O6/c1-4-5-12-18-28-24(34)21(26(35)33(18)22-16(36-2)10-8-11-17(22)37-3)25-31-30-20(38-25)14-19-29-23(32-39-19)15-9-6-7-13-27-15/h4,6-11,13,34H,1,5,12,14H2,2-3H3. The summed E-state index contributed by atoms with van der Waals surface area (Å²) in [5, 5.41) is 22.7. The van der Waals surface area contributed by atoms with Crippen LogP contribution in [0.4, 0.5) is 0 Å². The van der Waals surface area contributed by atoms with Crippen LogP contribution in [0.1, 0.15) is 24.0 Å². The molecule has 39 heavy (non-hydrogen) atoms. The van der Waals surface area contributed by atoms with Crippen molar-refractivity contribution in [1.82, 2.24) is 34.9 Å². The molecule has 0 unspecified atom stereocenters. The third kappa shape index (κ3) is 4.97. The molecule has 0 aliphatic carbocycles. The van der Waals surface area contributed by atoms with Crippen molar-refractivity contribution in [1.29, 1.82) is 0 Å². The molecule has 1 N–H and O–H groups in total. The van der Waals surface area contributed by atoms with Gasteiger partial charge in [-0.15, -0.1) is 16.8 Å². The number of benzene rings is 1. The molecule has 1 aromatic carbocycles. The summed E-state index contributed by atoms with van der Waals surface area (Å²) >= 11 is 0. The minimum absolute atomic E-state index is 0.00698. The summed E-state index contributed by atoms with van der Waals surface area (Å²) < 4.78 is 23.3. The van der Waals surface area contributed by atoms with Crippen molar-refractivity contribution in [3.05, 3.63) is 83.2 Å². The van der Waals surface area contributed by atoms with E-state index in [4.69, 9.17) is 18.4 Å². The number of aromatic hydroxyl groups is 1. The lowest BCUT2D eigenvalue weighted by Gasteiger charge is -2.18. The van der Waals surface area contributed by atoms with Crippen LogP contribution in [0.15, 0.2) is 69.0 Å². The lowest BCUT2D eigenvalue weighted by Crippen LogP contribution is -2.26. The number of methoxy groups -OCH3 is 2. The molecule has 4 heterocycles. The number of allylic oxidation sites excluding steroid dienone is 1. The molecule has 5 rings (SSSR count). The van der Waals surface area contributed by atoms with Crippen molar-refractivity contribution in [3.63, 3.8) is 0 Å². The summed E-state index contributed by atoms with van der Waals surface area (Å²) in [5.41, 5.74) is -0.0925. The highest BCUT2D eigenvalue weighted by Crippen LogP contribution is 2.34. The number of para-hydroxylation sites is 1. The molecule has 0 saturated heterocycles. The summed E-state index contributed by atoms with van der Waals surface area (Å²) in [5.74, 6) is 0.771. The lowest BCUT2D eigenvalue weighted by atomic mass is 10.2. The zero-order valence-corrected chi connectivity index (χ0v) is 21.1. The molecule has 0 aliphatic rings. The molecule has 0 saturated carbocycles. The van der Waals surface area contributed by atoms with E-state index in [0.29, 0.717) is 41.5 Å². The maximum Gasteiger partial charge on any atom is 0.275 e. The first-order chi connectivity index (χ1) is 19.0. The van der Waals surface area contributed by atoms with Gasteiger partial charge < -0.3 is 23.5 Å². The zero-order valence-electron chi connectivity index (χ0n) is 21.1. The Morgan fingerprint density at radius 3 is 2.54 bits per heavy atom. The molecule has 13 heteroatoms. The van der Waals surface area contributed by atoms with Crippen LogP contribution in [0.3, 0.4) is 0 Å². The van der Waals surface area contributed by atoms with Gasteiger partial charge in [-0.05, 0) is 30.7 Å². The van der Waals surface area contributed by atoms with Gasteiger partial charge in [0.25, 0.3) is 11.4 Å². The van der Waals surface area contributed by atoms with Gasteiger partial charge in [-0.1, -0.05) is 23.4 Å². The fourth-order valence-electron chi connectivity index (χ4n) is 3.90. The normalized spacial score (nSPS) is 10.9. The number of hydrogen-bond donors (Lipinski definition) is 1. The Kier molecular flexibility index (Phi) is 7.12. The largest absolute Gasteiger partial charge is 0.494 e. The molecule has 13 nitrogen and oxygen atoms in total. The SMILES string of the molecule is C=CCCc1nc(O)c(-c2nnc(Cc3nc(-c4ccccn4)no3)o2)c(=O)n1-c1c(OC)cccc1OC. The molecule has 0 fully saturated rings. The first kappa shape index (κ1) is 25.3. The molecule has 0 radical (unpaired) electrons. The first-order valence-corrected chi connectivity index (χ1v) is 11.8. The van der Waals surface area contributed by atoms with Gasteiger partial charge in [-0.25, -0.2) is 0 Å². The van der Waals surface area contributed by atoms with Crippen molar-refractivity contribution >= 4 is 0 Å². The van der Waals surface area contributed by atoms with E-state index in [-0.39, 0.29) is 35.5 Å². The van der Waals surface area contributed by atoms with Gasteiger partial charge in [-0.3, -0.25) is 14.3 Å². The topological polar surface area (TPSA) is 164 Å². The molecule has 5 aromatic rings. The highest BCUT2D eigenvalue weighted by molar-refractivity contribution is 5.63. The average molecular weight is 530 g/mol. The van der Waals surface area contributed by atoms with E-state index in [0.717, 1.165) is 0 Å². The molecule has 0 bridgehead atoms. The van der Waals surface area contributed by atoms with Crippen molar-refractivity contribution in [3.8, 4) is 46.0 Å². The maximum absolute atomic E-state index is 13.9. The van der Waals surface area contributed by atoms with E-state index in [2.05, 4.69) is 36.9 Å². The molecular formula is C26H23N7O6.